The summed E-state index contributed by atoms with van der Waals surface area (Å²) in [5, 5.41) is 11.7. The van der Waals surface area contributed by atoms with Crippen molar-refractivity contribution in [2.45, 2.75) is 12.5 Å². The number of ether oxygens (including phenoxy) is 2. The Kier molecular flexibility index (Phi) is 5.43. The van der Waals surface area contributed by atoms with E-state index in [9.17, 15) is 9.90 Å². The van der Waals surface area contributed by atoms with E-state index in [2.05, 4.69) is 0 Å². The van der Waals surface area contributed by atoms with Crippen molar-refractivity contribution in [3.8, 4) is 17.2 Å². The predicted octanol–water partition coefficient (Wildman–Crippen LogP) is 5.71. The molecule has 4 rings (SSSR count). The molecule has 4 aromatic carbocycles. The van der Waals surface area contributed by atoms with Crippen molar-refractivity contribution in [1.29, 1.82) is 0 Å². The maximum Gasteiger partial charge on any atom is 0.345 e. The van der Waals surface area contributed by atoms with Gasteiger partial charge in [0.2, 0.25) is 0 Å². The van der Waals surface area contributed by atoms with E-state index in [1.807, 2.05) is 91.0 Å². The highest BCUT2D eigenvalue weighted by Crippen LogP contribution is 2.24. The standard InChI is InChI=1S/C25H20O4/c26-25(27)24(29-23-15-12-19-6-4-5-7-20(19)17-23)16-18-10-13-22(14-11-18)28-21-8-2-1-3-9-21/h1-15,17,24H,16H2,(H,26,27)/t24-/m0/s1. The van der Waals surface area contributed by atoms with Gasteiger partial charge in [0, 0.05) is 6.42 Å². The van der Waals surface area contributed by atoms with E-state index < -0.39 is 12.1 Å². The van der Waals surface area contributed by atoms with Gasteiger partial charge in [-0.05, 0) is 52.7 Å². The number of hydrogen-bond donors (Lipinski definition) is 1. The summed E-state index contributed by atoms with van der Waals surface area (Å²) in [6.07, 6.45) is -0.717. The summed E-state index contributed by atoms with van der Waals surface area (Å²) < 4.78 is 11.6. The van der Waals surface area contributed by atoms with Crippen LogP contribution in [0.15, 0.2) is 97.1 Å². The second kappa shape index (κ2) is 8.48. The summed E-state index contributed by atoms with van der Waals surface area (Å²) in [6, 6.07) is 30.4. The van der Waals surface area contributed by atoms with E-state index in [1.165, 1.54) is 0 Å². The number of hydrogen-bond acceptors (Lipinski definition) is 3. The maximum atomic E-state index is 11.7. The Bertz CT molecular complexity index is 1100. The Morgan fingerprint density at radius 2 is 1.34 bits per heavy atom. The van der Waals surface area contributed by atoms with Crippen LogP contribution in [-0.4, -0.2) is 17.2 Å². The molecule has 4 aromatic rings. The molecule has 0 saturated heterocycles. The molecule has 1 atom stereocenters. The molecule has 0 fully saturated rings. The number of carboxylic acids is 1. The average Bonchev–Trinajstić information content (AvgIpc) is 2.75. The first-order chi connectivity index (χ1) is 14.2. The minimum Gasteiger partial charge on any atom is -0.478 e. The first kappa shape index (κ1) is 18.6. The van der Waals surface area contributed by atoms with Gasteiger partial charge >= 0.3 is 5.97 Å². The fourth-order valence-electron chi connectivity index (χ4n) is 3.12. The van der Waals surface area contributed by atoms with Gasteiger partial charge in [-0.1, -0.05) is 60.7 Å². The summed E-state index contributed by atoms with van der Waals surface area (Å²) in [5.41, 5.74) is 0.860. The van der Waals surface area contributed by atoms with Crippen molar-refractivity contribution in [3.05, 3.63) is 103 Å². The summed E-state index contributed by atoms with van der Waals surface area (Å²) in [4.78, 5) is 11.7. The second-order valence-corrected chi connectivity index (χ2v) is 6.72. The van der Waals surface area contributed by atoms with Crippen molar-refractivity contribution in [3.63, 3.8) is 0 Å². The number of para-hydroxylation sites is 1. The molecule has 0 radical (unpaired) electrons. The van der Waals surface area contributed by atoms with Gasteiger partial charge in [-0.2, -0.15) is 0 Å². The molecular weight excluding hydrogens is 364 g/mol. The Labute approximate surface area is 169 Å². The smallest absolute Gasteiger partial charge is 0.345 e. The van der Waals surface area contributed by atoms with Crippen LogP contribution in [-0.2, 0) is 11.2 Å². The van der Waals surface area contributed by atoms with Gasteiger partial charge in [0.25, 0.3) is 0 Å². The molecule has 0 spiro atoms. The van der Waals surface area contributed by atoms with E-state index in [0.29, 0.717) is 11.5 Å². The number of carboxylic acid groups (broad SMARTS) is 1. The summed E-state index contributed by atoms with van der Waals surface area (Å²) >= 11 is 0. The van der Waals surface area contributed by atoms with Crippen LogP contribution in [0.4, 0.5) is 0 Å². The lowest BCUT2D eigenvalue weighted by molar-refractivity contribution is -0.145. The lowest BCUT2D eigenvalue weighted by atomic mass is 10.1. The third-order valence-corrected chi connectivity index (χ3v) is 4.60. The highest BCUT2D eigenvalue weighted by atomic mass is 16.5. The maximum absolute atomic E-state index is 11.7. The fraction of sp³-hybridized carbons (Fsp3) is 0.0800. The Morgan fingerprint density at radius 1 is 0.724 bits per heavy atom. The number of aliphatic carboxylic acids is 1. The number of carbonyl (C=O) groups is 1. The quantitative estimate of drug-likeness (QED) is 0.444. The second-order valence-electron chi connectivity index (χ2n) is 6.72. The number of benzene rings is 4. The summed E-state index contributed by atoms with van der Waals surface area (Å²) in [7, 11) is 0. The first-order valence-electron chi connectivity index (χ1n) is 9.37. The largest absolute Gasteiger partial charge is 0.478 e. The molecule has 0 unspecified atom stereocenters. The zero-order valence-electron chi connectivity index (χ0n) is 15.7. The van der Waals surface area contributed by atoms with Crippen molar-refractivity contribution in [2.75, 3.05) is 0 Å². The lowest BCUT2D eigenvalue weighted by Crippen LogP contribution is -2.29. The van der Waals surface area contributed by atoms with Crippen LogP contribution in [0.2, 0.25) is 0 Å². The molecule has 0 amide bonds. The van der Waals surface area contributed by atoms with Crippen molar-refractivity contribution >= 4 is 16.7 Å². The minimum absolute atomic E-state index is 0.258. The normalized spacial score (nSPS) is 11.7. The van der Waals surface area contributed by atoms with E-state index >= 15 is 0 Å². The van der Waals surface area contributed by atoms with Crippen molar-refractivity contribution in [1.82, 2.24) is 0 Å². The average molecular weight is 384 g/mol. The SMILES string of the molecule is O=C(O)[C@H](Cc1ccc(Oc2ccccc2)cc1)Oc1ccc2ccccc2c1. The Morgan fingerprint density at radius 3 is 2.07 bits per heavy atom. The van der Waals surface area contributed by atoms with Gasteiger partial charge in [0.1, 0.15) is 17.2 Å². The van der Waals surface area contributed by atoms with Crippen LogP contribution < -0.4 is 9.47 Å². The Balaban J connectivity index is 1.45. The molecule has 0 bridgehead atoms. The first-order valence-corrected chi connectivity index (χ1v) is 9.37. The van der Waals surface area contributed by atoms with Gasteiger partial charge in [-0.25, -0.2) is 4.79 Å². The molecule has 0 aliphatic rings. The van der Waals surface area contributed by atoms with Crippen molar-refractivity contribution in [2.24, 2.45) is 0 Å². The molecule has 0 aromatic heterocycles. The van der Waals surface area contributed by atoms with Crippen molar-refractivity contribution < 1.29 is 19.4 Å². The molecule has 144 valence electrons. The monoisotopic (exact) mass is 384 g/mol. The van der Waals surface area contributed by atoms with Crippen LogP contribution in [0.3, 0.4) is 0 Å². The molecule has 0 saturated carbocycles. The van der Waals surface area contributed by atoms with E-state index in [1.54, 1.807) is 6.07 Å². The van der Waals surface area contributed by atoms with E-state index in [4.69, 9.17) is 9.47 Å². The van der Waals surface area contributed by atoms with Crippen LogP contribution in [0.1, 0.15) is 5.56 Å². The molecule has 4 nitrogen and oxygen atoms in total. The lowest BCUT2D eigenvalue weighted by Gasteiger charge is -2.16. The molecule has 0 aliphatic heterocycles. The summed E-state index contributed by atoms with van der Waals surface area (Å²) in [6.45, 7) is 0. The molecule has 0 aliphatic carbocycles. The molecule has 0 heterocycles. The third-order valence-electron chi connectivity index (χ3n) is 4.60. The highest BCUT2D eigenvalue weighted by molar-refractivity contribution is 5.84. The van der Waals surface area contributed by atoms with Gasteiger partial charge in [0.15, 0.2) is 6.10 Å². The number of rotatable bonds is 7. The van der Waals surface area contributed by atoms with Gasteiger partial charge < -0.3 is 14.6 Å². The highest BCUT2D eigenvalue weighted by Gasteiger charge is 2.20. The summed E-state index contributed by atoms with van der Waals surface area (Å²) in [5.74, 6) is 0.994. The fourth-order valence-corrected chi connectivity index (χ4v) is 3.12. The Hall–Kier alpha value is -3.79. The molecule has 1 N–H and O–H groups in total. The topological polar surface area (TPSA) is 55.8 Å². The van der Waals surface area contributed by atoms with E-state index in [0.717, 1.165) is 22.1 Å². The molecular formula is C25H20O4. The van der Waals surface area contributed by atoms with Crippen LogP contribution in [0.5, 0.6) is 17.2 Å². The van der Waals surface area contributed by atoms with Crippen LogP contribution >= 0.6 is 0 Å². The van der Waals surface area contributed by atoms with E-state index in [-0.39, 0.29) is 6.42 Å². The minimum atomic E-state index is -0.997. The molecule has 4 heteroatoms. The number of fused-ring (bicyclic) bond motifs is 1. The third kappa shape index (κ3) is 4.74. The van der Waals surface area contributed by atoms with Gasteiger partial charge in [-0.15, -0.1) is 0 Å². The van der Waals surface area contributed by atoms with Crippen LogP contribution in [0.25, 0.3) is 10.8 Å². The zero-order valence-corrected chi connectivity index (χ0v) is 15.7. The van der Waals surface area contributed by atoms with Gasteiger partial charge in [-0.3, -0.25) is 0 Å². The molecule has 29 heavy (non-hydrogen) atoms. The zero-order chi connectivity index (χ0) is 20.1. The van der Waals surface area contributed by atoms with Gasteiger partial charge in [0.05, 0.1) is 0 Å². The van der Waals surface area contributed by atoms with Crippen LogP contribution in [0, 0.1) is 0 Å². The predicted molar refractivity (Wildman–Crippen MR) is 113 cm³/mol.